The van der Waals surface area contributed by atoms with Crippen LogP contribution in [-0.2, 0) is 11.0 Å². The largest absolute Gasteiger partial charge is 0.416 e. The Morgan fingerprint density at radius 3 is 2.37 bits per heavy atom. The molecule has 3 rings (SSSR count). The Hall–Kier alpha value is -2.79. The number of hydrogen-bond acceptors (Lipinski definition) is 5. The van der Waals surface area contributed by atoms with E-state index in [0.717, 1.165) is 12.1 Å². The van der Waals surface area contributed by atoms with Crippen molar-refractivity contribution in [2.75, 3.05) is 14.1 Å². The van der Waals surface area contributed by atoms with E-state index in [0.29, 0.717) is 36.1 Å². The van der Waals surface area contributed by atoms with Gasteiger partial charge in [0.15, 0.2) is 5.78 Å². The number of allylic oxidation sites excluding steroid dienone is 3. The Morgan fingerprint density at radius 2 is 1.85 bits per heavy atom. The van der Waals surface area contributed by atoms with Crippen molar-refractivity contribution in [2.45, 2.75) is 31.4 Å². The van der Waals surface area contributed by atoms with Gasteiger partial charge in [0.2, 0.25) is 0 Å². The van der Waals surface area contributed by atoms with E-state index in [-0.39, 0.29) is 17.2 Å². The van der Waals surface area contributed by atoms with Crippen molar-refractivity contribution in [3.63, 3.8) is 0 Å². The van der Waals surface area contributed by atoms with Crippen LogP contribution in [0.15, 0.2) is 46.9 Å². The monoisotopic (exact) mass is 376 g/mol. The van der Waals surface area contributed by atoms with Crippen molar-refractivity contribution in [3.8, 4) is 6.07 Å². The molecule has 1 aromatic carbocycles. The molecule has 0 aromatic heterocycles. The van der Waals surface area contributed by atoms with Gasteiger partial charge in [0, 0.05) is 31.8 Å². The van der Waals surface area contributed by atoms with Gasteiger partial charge in [0.25, 0.3) is 0 Å². The van der Waals surface area contributed by atoms with Crippen LogP contribution in [0.5, 0.6) is 0 Å². The predicted molar refractivity (Wildman–Crippen MR) is 92.4 cm³/mol. The number of hydrogen-bond donors (Lipinski definition) is 1. The van der Waals surface area contributed by atoms with Crippen molar-refractivity contribution in [1.29, 1.82) is 5.26 Å². The van der Waals surface area contributed by atoms with E-state index >= 15 is 0 Å². The van der Waals surface area contributed by atoms with Crippen LogP contribution < -0.4 is 5.73 Å². The van der Waals surface area contributed by atoms with E-state index in [1.165, 1.54) is 12.1 Å². The van der Waals surface area contributed by atoms with Crippen molar-refractivity contribution in [1.82, 2.24) is 10.0 Å². The van der Waals surface area contributed by atoms with Crippen LogP contribution >= 0.6 is 0 Å². The van der Waals surface area contributed by atoms with Crippen LogP contribution in [0, 0.1) is 11.3 Å². The highest BCUT2D eigenvalue weighted by molar-refractivity contribution is 5.99. The molecule has 2 N–H and O–H groups in total. The zero-order valence-electron chi connectivity index (χ0n) is 15.0. The number of alkyl halides is 3. The number of nitrogens with zero attached hydrogens (tertiary/aromatic N) is 3. The third kappa shape index (κ3) is 3.19. The van der Waals surface area contributed by atoms with Gasteiger partial charge in [-0.25, -0.2) is 5.01 Å². The highest BCUT2D eigenvalue weighted by atomic mass is 19.4. The number of nitrogens with two attached hydrogens (primary N) is 1. The van der Waals surface area contributed by atoms with Gasteiger partial charge >= 0.3 is 6.18 Å². The lowest BCUT2D eigenvalue weighted by molar-refractivity contribution is -0.137. The summed E-state index contributed by atoms with van der Waals surface area (Å²) in [6.45, 7) is 0. The fraction of sp³-hybridized carbons (Fsp3) is 0.368. The second-order valence-electron chi connectivity index (χ2n) is 6.76. The molecule has 0 unspecified atom stereocenters. The molecule has 0 spiro atoms. The normalized spacial score (nSPS) is 20.9. The maximum Gasteiger partial charge on any atom is 0.416 e. The van der Waals surface area contributed by atoms with Gasteiger partial charge in [-0.05, 0) is 30.5 Å². The van der Waals surface area contributed by atoms with Crippen molar-refractivity contribution >= 4 is 5.78 Å². The van der Waals surface area contributed by atoms with Crippen LogP contribution in [0.4, 0.5) is 13.2 Å². The van der Waals surface area contributed by atoms with Crippen molar-refractivity contribution in [2.24, 2.45) is 5.73 Å². The molecule has 27 heavy (non-hydrogen) atoms. The molecule has 1 aromatic rings. The highest BCUT2D eigenvalue weighted by Crippen LogP contribution is 2.45. The van der Waals surface area contributed by atoms with Gasteiger partial charge in [0.05, 0.1) is 23.1 Å². The molecule has 0 radical (unpaired) electrons. The molecular weight excluding hydrogens is 357 g/mol. The van der Waals surface area contributed by atoms with Gasteiger partial charge in [-0.2, -0.15) is 18.4 Å². The molecule has 0 bridgehead atoms. The maximum absolute atomic E-state index is 12.9. The minimum atomic E-state index is -4.45. The third-order valence-electron chi connectivity index (χ3n) is 4.86. The summed E-state index contributed by atoms with van der Waals surface area (Å²) in [4.78, 5) is 12.7. The molecule has 5 nitrogen and oxygen atoms in total. The average Bonchev–Trinajstić information content (AvgIpc) is 2.60. The number of benzene rings is 1. The smallest absolute Gasteiger partial charge is 0.383 e. The number of carbonyl (C=O) groups is 1. The molecule has 0 saturated carbocycles. The van der Waals surface area contributed by atoms with Crippen LogP contribution in [0.25, 0.3) is 0 Å². The molecule has 2 aliphatic rings. The van der Waals surface area contributed by atoms with E-state index in [2.05, 4.69) is 6.07 Å². The Bertz CT molecular complexity index is 876. The summed E-state index contributed by atoms with van der Waals surface area (Å²) in [5, 5.41) is 13.0. The molecule has 0 fully saturated rings. The first-order valence-corrected chi connectivity index (χ1v) is 8.47. The van der Waals surface area contributed by atoms with Gasteiger partial charge < -0.3 is 5.73 Å². The Balaban J connectivity index is 2.19. The van der Waals surface area contributed by atoms with Gasteiger partial charge in [-0.3, -0.25) is 9.80 Å². The quantitative estimate of drug-likeness (QED) is 0.858. The molecule has 0 amide bonds. The number of halogens is 3. The summed E-state index contributed by atoms with van der Waals surface area (Å²) in [5.74, 6) is -0.662. The summed E-state index contributed by atoms with van der Waals surface area (Å²) in [6.07, 6.45) is -2.84. The summed E-state index contributed by atoms with van der Waals surface area (Å²) < 4.78 is 38.6. The lowest BCUT2D eigenvalue weighted by Crippen LogP contribution is -2.45. The lowest BCUT2D eigenvalue weighted by atomic mass is 9.76. The second kappa shape index (κ2) is 6.74. The first-order chi connectivity index (χ1) is 12.7. The van der Waals surface area contributed by atoms with E-state index in [9.17, 15) is 23.2 Å². The van der Waals surface area contributed by atoms with E-state index in [4.69, 9.17) is 5.73 Å². The molecule has 1 atom stereocenters. The van der Waals surface area contributed by atoms with Gasteiger partial charge in [0.1, 0.15) is 5.82 Å². The summed E-state index contributed by atoms with van der Waals surface area (Å²) >= 11 is 0. The lowest BCUT2D eigenvalue weighted by Gasteiger charge is -2.42. The number of carbonyl (C=O) groups excluding carboxylic acids is 1. The topological polar surface area (TPSA) is 73.4 Å². The van der Waals surface area contributed by atoms with Gasteiger partial charge in [-0.15, -0.1) is 0 Å². The molecule has 8 heteroatoms. The predicted octanol–water partition coefficient (Wildman–Crippen LogP) is 3.28. The first-order valence-electron chi connectivity index (χ1n) is 8.47. The molecule has 1 aliphatic carbocycles. The SMILES string of the molecule is CN(C)N1C(N)=C(C#N)[C@@H](c2ccc(C(F)(F)F)cc2)C2=C1CCCC2=O. The summed E-state index contributed by atoms with van der Waals surface area (Å²) in [5.41, 5.74) is 7.21. The molecule has 1 heterocycles. The molecule has 1 aliphatic heterocycles. The van der Waals surface area contributed by atoms with Crippen molar-refractivity contribution in [3.05, 3.63) is 58.1 Å². The third-order valence-corrected chi connectivity index (χ3v) is 4.86. The minimum Gasteiger partial charge on any atom is -0.383 e. The van der Waals surface area contributed by atoms with E-state index in [1.54, 1.807) is 24.1 Å². The fourth-order valence-electron chi connectivity index (χ4n) is 3.72. The van der Waals surface area contributed by atoms with Crippen LogP contribution in [0.3, 0.4) is 0 Å². The standard InChI is InChI=1S/C19H19F3N4O/c1-25(2)26-14-4-3-5-15(27)17(14)16(13(10-23)18(26)24)11-6-8-12(9-7-11)19(20,21)22/h6-9,16H,3-5,24H2,1-2H3/t16-/m1/s1. The number of nitriles is 1. The first kappa shape index (κ1) is 19.0. The van der Waals surface area contributed by atoms with Crippen LogP contribution in [0.1, 0.15) is 36.3 Å². The maximum atomic E-state index is 12.9. The van der Waals surface area contributed by atoms with Crippen LogP contribution in [-0.4, -0.2) is 29.9 Å². The van der Waals surface area contributed by atoms with Crippen LogP contribution in [0.2, 0.25) is 0 Å². The Labute approximate surface area is 155 Å². The van der Waals surface area contributed by atoms with E-state index in [1.807, 2.05) is 0 Å². The number of rotatable bonds is 2. The number of hydrazine groups is 1. The Morgan fingerprint density at radius 1 is 1.22 bits per heavy atom. The van der Waals surface area contributed by atoms with Gasteiger partial charge in [-0.1, -0.05) is 12.1 Å². The highest BCUT2D eigenvalue weighted by Gasteiger charge is 2.41. The minimum absolute atomic E-state index is 0.103. The number of Topliss-reactive ketones (excluding diaryl/α,β-unsaturated/α-hetero) is 1. The summed E-state index contributed by atoms with van der Waals surface area (Å²) in [7, 11) is 3.51. The molecular formula is C19H19F3N4O. The van der Waals surface area contributed by atoms with E-state index < -0.39 is 17.7 Å². The number of ketones is 1. The molecule has 0 saturated heterocycles. The second-order valence-corrected chi connectivity index (χ2v) is 6.76. The summed E-state index contributed by atoms with van der Waals surface area (Å²) in [6, 6.07) is 6.62. The molecule has 142 valence electrons. The van der Waals surface area contributed by atoms with Crippen molar-refractivity contribution < 1.29 is 18.0 Å². The zero-order chi connectivity index (χ0) is 19.9. The zero-order valence-corrected chi connectivity index (χ0v) is 15.0. The fourth-order valence-corrected chi connectivity index (χ4v) is 3.72. The average molecular weight is 376 g/mol. The Kier molecular flexibility index (Phi) is 4.74.